The smallest absolute Gasteiger partial charge is 0.271 e. The van der Waals surface area contributed by atoms with Gasteiger partial charge in [-0.3, -0.25) is 4.79 Å². The summed E-state index contributed by atoms with van der Waals surface area (Å²) in [5, 5.41) is 24.7. The molecule has 0 aliphatic carbocycles. The van der Waals surface area contributed by atoms with Crippen LogP contribution in [-0.2, 0) is 0 Å². The third-order valence-electron chi connectivity index (χ3n) is 3.42. The summed E-state index contributed by atoms with van der Waals surface area (Å²) in [4.78, 5) is 12.3. The van der Waals surface area contributed by atoms with Crippen molar-refractivity contribution in [3.8, 4) is 11.5 Å². The lowest BCUT2D eigenvalue weighted by Crippen LogP contribution is -2.17. The summed E-state index contributed by atoms with van der Waals surface area (Å²) in [5.41, 5.74) is 3.25. The molecule has 3 N–H and O–H groups in total. The normalized spacial score (nSPS) is 11.0. The second-order valence-electron chi connectivity index (χ2n) is 4.97. The number of hydrazone groups is 1. The summed E-state index contributed by atoms with van der Waals surface area (Å²) in [7, 11) is 0. The first-order valence-electron chi connectivity index (χ1n) is 6.98. The summed E-state index contributed by atoms with van der Waals surface area (Å²) >= 11 is 0. The first-order valence-corrected chi connectivity index (χ1v) is 6.98. The van der Waals surface area contributed by atoms with Gasteiger partial charge in [0.05, 0.1) is 6.21 Å². The fourth-order valence-electron chi connectivity index (χ4n) is 2.29. The second-order valence-corrected chi connectivity index (χ2v) is 4.97. The van der Waals surface area contributed by atoms with Crippen molar-refractivity contribution in [1.82, 2.24) is 5.43 Å². The van der Waals surface area contributed by atoms with E-state index >= 15 is 0 Å². The Morgan fingerprint density at radius 2 is 1.78 bits per heavy atom. The molecule has 3 aromatic rings. The van der Waals surface area contributed by atoms with Gasteiger partial charge in [-0.25, -0.2) is 5.43 Å². The van der Waals surface area contributed by atoms with E-state index in [0.29, 0.717) is 11.1 Å². The van der Waals surface area contributed by atoms with E-state index in [4.69, 9.17) is 0 Å². The van der Waals surface area contributed by atoms with Gasteiger partial charge in [0.1, 0.15) is 11.5 Å². The summed E-state index contributed by atoms with van der Waals surface area (Å²) in [5.74, 6) is -0.381. The minimum atomic E-state index is -0.349. The largest absolute Gasteiger partial charge is 0.508 e. The van der Waals surface area contributed by atoms with E-state index in [9.17, 15) is 15.0 Å². The number of fused-ring (bicyclic) bond motifs is 1. The number of carbonyl (C=O) groups excluding carboxylic acids is 1. The maximum atomic E-state index is 12.3. The summed E-state index contributed by atoms with van der Waals surface area (Å²) < 4.78 is 0. The van der Waals surface area contributed by atoms with Gasteiger partial charge in [-0.1, -0.05) is 36.4 Å². The maximum absolute atomic E-state index is 12.3. The highest BCUT2D eigenvalue weighted by molar-refractivity contribution is 6.07. The van der Waals surface area contributed by atoms with Gasteiger partial charge in [0, 0.05) is 11.1 Å². The van der Waals surface area contributed by atoms with E-state index in [2.05, 4.69) is 10.5 Å². The van der Waals surface area contributed by atoms with Crippen molar-refractivity contribution in [3.63, 3.8) is 0 Å². The molecule has 5 heteroatoms. The third-order valence-corrected chi connectivity index (χ3v) is 3.42. The maximum Gasteiger partial charge on any atom is 0.271 e. The van der Waals surface area contributed by atoms with Gasteiger partial charge in [0.15, 0.2) is 0 Å². The van der Waals surface area contributed by atoms with E-state index in [-0.39, 0.29) is 17.4 Å². The predicted molar refractivity (Wildman–Crippen MR) is 88.8 cm³/mol. The van der Waals surface area contributed by atoms with Crippen molar-refractivity contribution in [3.05, 3.63) is 71.8 Å². The van der Waals surface area contributed by atoms with E-state index in [1.165, 1.54) is 24.4 Å². The molecule has 5 nitrogen and oxygen atoms in total. The summed E-state index contributed by atoms with van der Waals surface area (Å²) in [6.07, 6.45) is 1.28. The van der Waals surface area contributed by atoms with Crippen LogP contribution in [0.25, 0.3) is 10.8 Å². The number of benzene rings is 3. The van der Waals surface area contributed by atoms with Gasteiger partial charge in [0.25, 0.3) is 5.91 Å². The van der Waals surface area contributed by atoms with Gasteiger partial charge < -0.3 is 10.2 Å². The first kappa shape index (κ1) is 14.6. The fraction of sp³-hybridized carbons (Fsp3) is 0. The molecule has 3 rings (SSSR count). The average molecular weight is 306 g/mol. The van der Waals surface area contributed by atoms with Crippen LogP contribution in [0, 0.1) is 0 Å². The number of phenols is 2. The molecular weight excluding hydrogens is 292 g/mol. The van der Waals surface area contributed by atoms with Gasteiger partial charge in [-0.15, -0.1) is 0 Å². The first-order chi connectivity index (χ1) is 11.1. The molecule has 0 atom stereocenters. The monoisotopic (exact) mass is 306 g/mol. The number of rotatable bonds is 3. The van der Waals surface area contributed by atoms with Crippen molar-refractivity contribution in [2.24, 2.45) is 5.10 Å². The zero-order valence-electron chi connectivity index (χ0n) is 12.1. The van der Waals surface area contributed by atoms with Crippen LogP contribution >= 0.6 is 0 Å². The predicted octanol–water partition coefficient (Wildman–Crippen LogP) is 3.01. The molecule has 114 valence electrons. The number of amides is 1. The molecule has 0 unspecified atom stereocenters. The van der Waals surface area contributed by atoms with Gasteiger partial charge in [0.2, 0.25) is 0 Å². The van der Waals surface area contributed by atoms with Crippen LogP contribution in [-0.4, -0.2) is 22.3 Å². The lowest BCUT2D eigenvalue weighted by atomic mass is 10.0. The molecule has 0 bridgehead atoms. The van der Waals surface area contributed by atoms with Crippen LogP contribution in [0.2, 0.25) is 0 Å². The zero-order chi connectivity index (χ0) is 16.2. The Morgan fingerprint density at radius 3 is 2.65 bits per heavy atom. The topological polar surface area (TPSA) is 81.9 Å². The van der Waals surface area contributed by atoms with Gasteiger partial charge >= 0.3 is 0 Å². The molecule has 1 amide bonds. The third kappa shape index (κ3) is 3.13. The Hall–Kier alpha value is -3.34. The highest BCUT2D eigenvalue weighted by Crippen LogP contribution is 2.20. The molecule has 0 aliphatic rings. The van der Waals surface area contributed by atoms with Crippen LogP contribution < -0.4 is 5.43 Å². The van der Waals surface area contributed by atoms with Crippen molar-refractivity contribution in [1.29, 1.82) is 0 Å². The molecule has 3 aromatic carbocycles. The molecule has 0 heterocycles. The van der Waals surface area contributed by atoms with Crippen LogP contribution in [0.3, 0.4) is 0 Å². The van der Waals surface area contributed by atoms with Crippen molar-refractivity contribution in [2.75, 3.05) is 0 Å². The Bertz CT molecular complexity index is 898. The zero-order valence-corrected chi connectivity index (χ0v) is 12.1. The molecule has 0 aliphatic heterocycles. The van der Waals surface area contributed by atoms with Crippen LogP contribution in [0.5, 0.6) is 11.5 Å². The molecule has 0 radical (unpaired) electrons. The Morgan fingerprint density at radius 1 is 1.00 bits per heavy atom. The lowest BCUT2D eigenvalue weighted by molar-refractivity contribution is 0.0957. The van der Waals surface area contributed by atoms with Crippen molar-refractivity contribution >= 4 is 22.9 Å². The Kier molecular flexibility index (Phi) is 3.93. The number of hydrogen-bond acceptors (Lipinski definition) is 4. The standard InChI is InChI=1S/C18H14N2O3/c21-14-8-9-17(22)13(10-14)11-19-20-18(23)16-7-3-5-12-4-1-2-6-15(12)16/h1-11,21-22H,(H,20,23)/b19-11+. The fourth-order valence-corrected chi connectivity index (χ4v) is 2.29. The van der Waals surface area contributed by atoms with Crippen LogP contribution in [0.15, 0.2) is 65.8 Å². The average Bonchev–Trinajstić information content (AvgIpc) is 2.57. The van der Waals surface area contributed by atoms with E-state index in [0.717, 1.165) is 10.8 Å². The molecule has 0 aromatic heterocycles. The Labute approximate surface area is 132 Å². The summed E-state index contributed by atoms with van der Waals surface area (Å²) in [6, 6.07) is 17.1. The SMILES string of the molecule is O=C(N/N=C/c1cc(O)ccc1O)c1cccc2ccccc12. The number of hydrogen-bond donors (Lipinski definition) is 3. The molecule has 0 saturated carbocycles. The molecule has 0 saturated heterocycles. The van der Waals surface area contributed by atoms with Crippen LogP contribution in [0.4, 0.5) is 0 Å². The highest BCUT2D eigenvalue weighted by Gasteiger charge is 2.08. The Balaban J connectivity index is 1.81. The van der Waals surface area contributed by atoms with E-state index in [1.807, 2.05) is 36.4 Å². The van der Waals surface area contributed by atoms with E-state index < -0.39 is 0 Å². The second kappa shape index (κ2) is 6.19. The van der Waals surface area contributed by atoms with Crippen LogP contribution in [0.1, 0.15) is 15.9 Å². The number of carbonyl (C=O) groups is 1. The number of phenolic OH excluding ortho intramolecular Hbond substituents is 2. The van der Waals surface area contributed by atoms with Crippen molar-refractivity contribution in [2.45, 2.75) is 0 Å². The number of aromatic hydroxyl groups is 2. The van der Waals surface area contributed by atoms with Gasteiger partial charge in [-0.05, 0) is 35.0 Å². The number of nitrogens with zero attached hydrogens (tertiary/aromatic N) is 1. The quantitative estimate of drug-likeness (QED) is 0.395. The van der Waals surface area contributed by atoms with Gasteiger partial charge in [-0.2, -0.15) is 5.10 Å². The van der Waals surface area contributed by atoms with Crippen molar-refractivity contribution < 1.29 is 15.0 Å². The lowest BCUT2D eigenvalue weighted by Gasteiger charge is -2.05. The molecular formula is C18H14N2O3. The molecule has 0 spiro atoms. The number of nitrogens with one attached hydrogen (secondary N) is 1. The highest BCUT2D eigenvalue weighted by atomic mass is 16.3. The molecule has 23 heavy (non-hydrogen) atoms. The van der Waals surface area contributed by atoms with E-state index in [1.54, 1.807) is 6.07 Å². The summed E-state index contributed by atoms with van der Waals surface area (Å²) in [6.45, 7) is 0. The minimum Gasteiger partial charge on any atom is -0.508 e. The molecule has 0 fully saturated rings. The minimum absolute atomic E-state index is 0.00429.